The fourth-order valence-corrected chi connectivity index (χ4v) is 5.46. The maximum Gasteiger partial charge on any atom is 0.261 e. The number of hydrogen-bond donors (Lipinski definition) is 1. The Hall–Kier alpha value is -3.07. The topological polar surface area (TPSA) is 92.8 Å². The number of imide groups is 1. The van der Waals surface area contributed by atoms with Crippen molar-refractivity contribution in [1.82, 2.24) is 9.80 Å². The molecule has 2 aliphatic heterocycles. The first-order valence-electron chi connectivity index (χ1n) is 11.6. The van der Waals surface area contributed by atoms with Crippen LogP contribution in [0.4, 0.5) is 5.69 Å². The van der Waals surface area contributed by atoms with Gasteiger partial charge in [-0.3, -0.25) is 18.7 Å². The van der Waals surface area contributed by atoms with Gasteiger partial charge >= 0.3 is 0 Å². The molecule has 0 aliphatic carbocycles. The van der Waals surface area contributed by atoms with E-state index in [0.717, 1.165) is 30.6 Å². The number of rotatable bonds is 7. The summed E-state index contributed by atoms with van der Waals surface area (Å²) >= 11 is -2.53. The van der Waals surface area contributed by atoms with Crippen LogP contribution in [-0.4, -0.2) is 50.0 Å². The van der Waals surface area contributed by atoms with Crippen LogP contribution in [0, 0.1) is 0 Å². The van der Waals surface area contributed by atoms with E-state index in [4.69, 9.17) is 0 Å². The van der Waals surface area contributed by atoms with Crippen molar-refractivity contribution in [3.05, 3.63) is 76.9 Å². The number of piperidine rings is 1. The first-order chi connectivity index (χ1) is 16.5. The van der Waals surface area contributed by atoms with Crippen molar-refractivity contribution in [1.29, 1.82) is 0 Å². The summed E-state index contributed by atoms with van der Waals surface area (Å²) in [4.78, 5) is 30.5. The second kappa shape index (κ2) is 9.66. The summed E-state index contributed by atoms with van der Waals surface area (Å²) in [7, 11) is 0. The standard InChI is InChI=1S/C26H27N3O4S/c30-25-20-10-4-8-19-9-5-11-21(24(19)20)26(31)29(25)17-22-18(7-6-12-23(22)27-34(32)33)13-16-28-14-2-1-3-15-28/h4-12,27H,1-3,13-17H2,(H,32,33)/p-1. The van der Waals surface area contributed by atoms with Crippen LogP contribution in [0.1, 0.15) is 51.1 Å². The van der Waals surface area contributed by atoms with E-state index in [-0.39, 0.29) is 18.4 Å². The Kier molecular flexibility index (Phi) is 6.45. The molecule has 0 aromatic heterocycles. The molecule has 1 atom stereocenters. The van der Waals surface area contributed by atoms with Crippen molar-refractivity contribution in [2.24, 2.45) is 0 Å². The van der Waals surface area contributed by atoms with Crippen LogP contribution in [0.2, 0.25) is 0 Å². The summed E-state index contributed by atoms with van der Waals surface area (Å²) in [6.45, 7) is 2.96. The predicted octanol–water partition coefficient (Wildman–Crippen LogP) is 3.87. The molecule has 3 aromatic carbocycles. The van der Waals surface area contributed by atoms with E-state index in [1.165, 1.54) is 24.2 Å². The highest BCUT2D eigenvalue weighted by molar-refractivity contribution is 7.80. The minimum absolute atomic E-state index is 0.00189. The van der Waals surface area contributed by atoms with Crippen LogP contribution in [0.25, 0.3) is 10.8 Å². The largest absolute Gasteiger partial charge is 0.755 e. The van der Waals surface area contributed by atoms with Gasteiger partial charge in [0.25, 0.3) is 11.8 Å². The van der Waals surface area contributed by atoms with Gasteiger partial charge in [0.2, 0.25) is 0 Å². The lowest BCUT2D eigenvalue weighted by Crippen LogP contribution is -2.40. The quantitative estimate of drug-likeness (QED) is 0.413. The number of carbonyl (C=O) groups excluding carboxylic acids is 2. The van der Waals surface area contributed by atoms with Crippen molar-refractivity contribution in [3.8, 4) is 0 Å². The summed E-state index contributed by atoms with van der Waals surface area (Å²) in [6, 6.07) is 16.3. The fourth-order valence-electron chi connectivity index (χ4n) is 5.08. The molecule has 2 heterocycles. The van der Waals surface area contributed by atoms with Crippen LogP contribution in [0.15, 0.2) is 54.6 Å². The van der Waals surface area contributed by atoms with Crippen LogP contribution in [0.3, 0.4) is 0 Å². The minimum atomic E-state index is -2.53. The molecule has 1 saturated heterocycles. The summed E-state index contributed by atoms with van der Waals surface area (Å²) in [5.74, 6) is -0.733. The molecule has 0 saturated carbocycles. The molecule has 1 fully saturated rings. The van der Waals surface area contributed by atoms with Gasteiger partial charge in [0.1, 0.15) is 0 Å². The fraction of sp³-hybridized carbons (Fsp3) is 0.308. The van der Waals surface area contributed by atoms with Crippen LogP contribution in [-0.2, 0) is 24.2 Å². The molecule has 0 spiro atoms. The van der Waals surface area contributed by atoms with E-state index in [1.807, 2.05) is 30.3 Å². The SMILES string of the molecule is O=C1c2cccc3cccc(c23)C(=O)N1Cc1c(CCN2CCCCC2)cccc1NS(=O)[O-]. The second-order valence-electron chi connectivity index (χ2n) is 8.84. The number of carbonyl (C=O) groups is 2. The molecule has 8 heteroatoms. The summed E-state index contributed by atoms with van der Waals surface area (Å²) in [6.07, 6.45) is 4.33. The number of likely N-dealkylation sites (tertiary alicyclic amines) is 1. The Morgan fingerprint density at radius 3 is 2.18 bits per heavy atom. The Morgan fingerprint density at radius 2 is 1.53 bits per heavy atom. The third kappa shape index (κ3) is 4.36. The zero-order valence-corrected chi connectivity index (χ0v) is 19.6. The predicted molar refractivity (Wildman–Crippen MR) is 131 cm³/mol. The van der Waals surface area contributed by atoms with Crippen molar-refractivity contribution in [3.63, 3.8) is 0 Å². The van der Waals surface area contributed by atoms with Crippen LogP contribution in [0.5, 0.6) is 0 Å². The number of hydrogen-bond acceptors (Lipinski definition) is 5. The minimum Gasteiger partial charge on any atom is -0.755 e. The van der Waals surface area contributed by atoms with Crippen LogP contribution < -0.4 is 4.72 Å². The van der Waals surface area contributed by atoms with Gasteiger partial charge in [0, 0.05) is 34.3 Å². The van der Waals surface area contributed by atoms with Gasteiger partial charge in [0.15, 0.2) is 0 Å². The lowest BCUT2D eigenvalue weighted by molar-refractivity contribution is 0.0598. The van der Waals surface area contributed by atoms with Gasteiger partial charge in [-0.25, -0.2) is 0 Å². The average molecular weight is 477 g/mol. The lowest BCUT2D eigenvalue weighted by Gasteiger charge is -2.30. The monoisotopic (exact) mass is 476 g/mol. The highest BCUT2D eigenvalue weighted by atomic mass is 32.2. The molecule has 2 aliphatic rings. The molecule has 34 heavy (non-hydrogen) atoms. The Morgan fingerprint density at radius 1 is 0.882 bits per heavy atom. The summed E-state index contributed by atoms with van der Waals surface area (Å²) < 4.78 is 25.4. The van der Waals surface area contributed by atoms with Gasteiger partial charge in [0.05, 0.1) is 12.2 Å². The van der Waals surface area contributed by atoms with Gasteiger partial charge in [-0.05, 0) is 67.1 Å². The maximum absolute atomic E-state index is 13.4. The second-order valence-corrected chi connectivity index (χ2v) is 9.51. The van der Waals surface area contributed by atoms with Gasteiger partial charge in [-0.1, -0.05) is 42.8 Å². The van der Waals surface area contributed by atoms with E-state index in [9.17, 15) is 18.4 Å². The van der Waals surface area contributed by atoms with E-state index < -0.39 is 11.3 Å². The third-order valence-electron chi connectivity index (χ3n) is 6.78. The smallest absolute Gasteiger partial charge is 0.261 e. The molecule has 7 nitrogen and oxygen atoms in total. The lowest BCUT2D eigenvalue weighted by atomic mass is 9.93. The summed E-state index contributed by atoms with van der Waals surface area (Å²) in [5.41, 5.74) is 2.94. The highest BCUT2D eigenvalue weighted by Crippen LogP contribution is 2.32. The normalized spacial score (nSPS) is 17.3. The van der Waals surface area contributed by atoms with Crippen molar-refractivity contribution >= 4 is 39.5 Å². The Balaban J connectivity index is 1.49. The number of nitrogens with zero attached hydrogens (tertiary/aromatic N) is 2. The number of amides is 2. The number of anilines is 1. The molecular weight excluding hydrogens is 450 g/mol. The first-order valence-corrected chi connectivity index (χ1v) is 12.7. The van der Waals surface area contributed by atoms with Gasteiger partial charge in [-0.2, -0.15) is 0 Å². The highest BCUT2D eigenvalue weighted by Gasteiger charge is 2.33. The molecular formula is C26H26N3O4S-. The third-order valence-corrected chi connectivity index (χ3v) is 7.17. The van der Waals surface area contributed by atoms with Crippen molar-refractivity contribution in [2.45, 2.75) is 32.2 Å². The molecule has 0 radical (unpaired) electrons. The van der Waals surface area contributed by atoms with Gasteiger partial charge < -0.3 is 14.2 Å². The Bertz CT molecular complexity index is 1240. The van der Waals surface area contributed by atoms with Crippen molar-refractivity contribution < 1.29 is 18.4 Å². The molecule has 5 rings (SSSR count). The van der Waals surface area contributed by atoms with E-state index in [0.29, 0.717) is 34.2 Å². The molecule has 2 amide bonds. The number of benzene rings is 3. The van der Waals surface area contributed by atoms with E-state index in [1.54, 1.807) is 24.3 Å². The molecule has 3 aromatic rings. The van der Waals surface area contributed by atoms with Crippen molar-refractivity contribution in [2.75, 3.05) is 24.4 Å². The maximum atomic E-state index is 13.4. The summed E-state index contributed by atoms with van der Waals surface area (Å²) in [5, 5.41) is 1.52. The molecule has 0 bridgehead atoms. The Labute approximate surface area is 201 Å². The first kappa shape index (κ1) is 22.7. The van der Waals surface area contributed by atoms with Gasteiger partial charge in [-0.15, -0.1) is 0 Å². The zero-order valence-electron chi connectivity index (χ0n) is 18.8. The molecule has 1 N–H and O–H groups in total. The zero-order chi connectivity index (χ0) is 23.7. The number of nitrogens with one attached hydrogen (secondary N) is 1. The molecule has 176 valence electrons. The van der Waals surface area contributed by atoms with Crippen LogP contribution >= 0.6 is 0 Å². The van der Waals surface area contributed by atoms with E-state index in [2.05, 4.69) is 9.62 Å². The average Bonchev–Trinajstić information content (AvgIpc) is 2.85. The molecule has 1 unspecified atom stereocenters. The van der Waals surface area contributed by atoms with E-state index >= 15 is 0 Å².